The zero-order chi connectivity index (χ0) is 20.2. The number of benzene rings is 1. The van der Waals surface area contributed by atoms with Gasteiger partial charge in [-0.1, -0.05) is 43.0 Å². The maximum absolute atomic E-state index is 13.3. The van der Waals surface area contributed by atoms with E-state index in [1.807, 2.05) is 17.0 Å². The minimum absolute atomic E-state index is 0.00162. The van der Waals surface area contributed by atoms with Gasteiger partial charge >= 0.3 is 0 Å². The third kappa shape index (κ3) is 4.42. The molecule has 0 atom stereocenters. The zero-order valence-corrected chi connectivity index (χ0v) is 17.4. The van der Waals surface area contributed by atoms with Gasteiger partial charge in [0.15, 0.2) is 5.82 Å². The fourth-order valence-corrected chi connectivity index (χ4v) is 4.29. The van der Waals surface area contributed by atoms with Crippen molar-refractivity contribution in [3.8, 4) is 11.4 Å². The van der Waals surface area contributed by atoms with Gasteiger partial charge in [0.1, 0.15) is 11.4 Å². The van der Waals surface area contributed by atoms with E-state index in [9.17, 15) is 4.79 Å². The maximum Gasteiger partial charge on any atom is 0.259 e. The van der Waals surface area contributed by atoms with E-state index in [2.05, 4.69) is 36.0 Å². The van der Waals surface area contributed by atoms with E-state index < -0.39 is 0 Å². The second kappa shape index (κ2) is 8.91. The smallest absolute Gasteiger partial charge is 0.259 e. The molecule has 29 heavy (non-hydrogen) atoms. The summed E-state index contributed by atoms with van der Waals surface area (Å²) < 4.78 is 5.41. The number of anilines is 1. The quantitative estimate of drug-likeness (QED) is 0.791. The van der Waals surface area contributed by atoms with Crippen molar-refractivity contribution >= 4 is 11.7 Å². The molecule has 1 aliphatic heterocycles. The molecule has 6 nitrogen and oxygen atoms in total. The molecule has 2 heterocycles. The largest absolute Gasteiger partial charge is 0.378 e. The van der Waals surface area contributed by atoms with Gasteiger partial charge in [-0.05, 0) is 25.8 Å². The Balaban J connectivity index is 1.71. The monoisotopic (exact) mass is 394 g/mol. The van der Waals surface area contributed by atoms with Crippen molar-refractivity contribution in [2.45, 2.75) is 45.1 Å². The van der Waals surface area contributed by atoms with E-state index >= 15 is 0 Å². The molecule has 0 bridgehead atoms. The molecule has 2 aliphatic rings. The number of carbonyl (C=O) groups excluding carboxylic acids is 1. The first kappa shape index (κ1) is 19.8. The summed E-state index contributed by atoms with van der Waals surface area (Å²) in [5, 5.41) is 0. The average Bonchev–Trinajstić information content (AvgIpc) is 2.79. The van der Waals surface area contributed by atoms with Gasteiger partial charge in [-0.3, -0.25) is 4.79 Å². The van der Waals surface area contributed by atoms with Gasteiger partial charge in [-0.15, -0.1) is 0 Å². The summed E-state index contributed by atoms with van der Waals surface area (Å²) in [6.07, 6.45) is 7.77. The van der Waals surface area contributed by atoms with Crippen LogP contribution in [0.15, 0.2) is 30.5 Å². The molecule has 1 saturated carbocycles. The number of morpholine rings is 1. The van der Waals surface area contributed by atoms with Crippen LogP contribution in [0, 0.1) is 6.92 Å². The molecule has 154 valence electrons. The highest BCUT2D eigenvalue weighted by molar-refractivity contribution is 5.99. The summed E-state index contributed by atoms with van der Waals surface area (Å²) in [6, 6.07) is 8.61. The topological polar surface area (TPSA) is 58.6 Å². The number of hydrogen-bond acceptors (Lipinski definition) is 5. The predicted molar refractivity (Wildman–Crippen MR) is 114 cm³/mol. The lowest BCUT2D eigenvalue weighted by molar-refractivity contribution is 0.0302. The summed E-state index contributed by atoms with van der Waals surface area (Å²) in [4.78, 5) is 26.8. The Labute approximate surface area is 172 Å². The molecule has 1 amide bonds. The standard InChI is InChI=1S/C23H30N4O2/c1-17-7-6-8-18(15-17)21-24-16-20(23(28)27-11-13-29-14-12-27)22(25-21)26(2)19-9-4-3-5-10-19/h6-8,15-16,19H,3-5,9-14H2,1-2H3. The second-order valence-electron chi connectivity index (χ2n) is 8.11. The first-order valence-electron chi connectivity index (χ1n) is 10.7. The van der Waals surface area contributed by atoms with E-state index in [1.165, 1.54) is 24.8 Å². The molecule has 0 spiro atoms. The fraction of sp³-hybridized carbons (Fsp3) is 0.522. The number of rotatable bonds is 4. The predicted octanol–water partition coefficient (Wildman–Crippen LogP) is 3.69. The Bertz CT molecular complexity index is 858. The molecule has 2 aromatic rings. The molecule has 2 fully saturated rings. The molecule has 4 rings (SSSR count). The van der Waals surface area contributed by atoms with Gasteiger partial charge in [0.25, 0.3) is 5.91 Å². The number of aromatic nitrogens is 2. The summed E-state index contributed by atoms with van der Waals surface area (Å²) in [5.41, 5.74) is 2.74. The minimum Gasteiger partial charge on any atom is -0.378 e. The average molecular weight is 395 g/mol. The molecule has 1 aliphatic carbocycles. The fourth-order valence-electron chi connectivity index (χ4n) is 4.29. The summed E-state index contributed by atoms with van der Waals surface area (Å²) in [6.45, 7) is 4.47. The van der Waals surface area contributed by atoms with Crippen LogP contribution in [-0.4, -0.2) is 60.2 Å². The lowest BCUT2D eigenvalue weighted by Gasteiger charge is -2.34. The van der Waals surface area contributed by atoms with Crippen molar-refractivity contribution in [3.05, 3.63) is 41.6 Å². The summed E-state index contributed by atoms with van der Waals surface area (Å²) >= 11 is 0. The maximum atomic E-state index is 13.3. The normalized spacial score (nSPS) is 17.9. The van der Waals surface area contributed by atoms with Crippen LogP contribution in [-0.2, 0) is 4.74 Å². The first-order chi connectivity index (χ1) is 14.1. The molecule has 1 aromatic carbocycles. The van der Waals surface area contributed by atoms with Gasteiger partial charge in [0.05, 0.1) is 13.2 Å². The third-order valence-corrected chi connectivity index (χ3v) is 6.03. The number of ether oxygens (including phenoxy) is 1. The van der Waals surface area contributed by atoms with E-state index in [0.717, 1.165) is 24.2 Å². The van der Waals surface area contributed by atoms with Crippen molar-refractivity contribution in [2.75, 3.05) is 38.3 Å². The molecule has 0 unspecified atom stereocenters. The SMILES string of the molecule is Cc1cccc(-c2ncc(C(=O)N3CCOCC3)c(N(C)C3CCCCC3)n2)c1. The highest BCUT2D eigenvalue weighted by Gasteiger charge is 2.28. The van der Waals surface area contributed by atoms with Crippen LogP contribution in [0.5, 0.6) is 0 Å². The van der Waals surface area contributed by atoms with Crippen LogP contribution in [0.2, 0.25) is 0 Å². The summed E-state index contributed by atoms with van der Waals surface area (Å²) in [5.74, 6) is 1.42. The number of amides is 1. The van der Waals surface area contributed by atoms with Crippen molar-refractivity contribution in [1.29, 1.82) is 0 Å². The Hall–Kier alpha value is -2.47. The Morgan fingerprint density at radius 1 is 1.17 bits per heavy atom. The van der Waals surface area contributed by atoms with Gasteiger partial charge in [0.2, 0.25) is 0 Å². The Morgan fingerprint density at radius 2 is 1.93 bits per heavy atom. The van der Waals surface area contributed by atoms with E-state index in [0.29, 0.717) is 43.7 Å². The van der Waals surface area contributed by atoms with Gasteiger partial charge < -0.3 is 14.5 Å². The van der Waals surface area contributed by atoms with Gasteiger partial charge in [-0.2, -0.15) is 0 Å². The summed E-state index contributed by atoms with van der Waals surface area (Å²) in [7, 11) is 2.08. The third-order valence-electron chi connectivity index (χ3n) is 6.03. The minimum atomic E-state index is 0.00162. The van der Waals surface area contributed by atoms with Crippen LogP contribution in [0.25, 0.3) is 11.4 Å². The van der Waals surface area contributed by atoms with E-state index in [1.54, 1.807) is 6.20 Å². The Morgan fingerprint density at radius 3 is 2.66 bits per heavy atom. The number of hydrogen-bond donors (Lipinski definition) is 0. The highest BCUT2D eigenvalue weighted by Crippen LogP contribution is 2.29. The van der Waals surface area contributed by atoms with Crippen LogP contribution in [0.3, 0.4) is 0 Å². The van der Waals surface area contributed by atoms with Crippen LogP contribution in [0.4, 0.5) is 5.82 Å². The van der Waals surface area contributed by atoms with Crippen molar-refractivity contribution in [3.63, 3.8) is 0 Å². The lowest BCUT2D eigenvalue weighted by Crippen LogP contribution is -2.42. The Kier molecular flexibility index (Phi) is 6.09. The van der Waals surface area contributed by atoms with Crippen LogP contribution < -0.4 is 4.90 Å². The number of carbonyl (C=O) groups is 1. The molecule has 1 saturated heterocycles. The first-order valence-corrected chi connectivity index (χ1v) is 10.7. The van der Waals surface area contributed by atoms with Crippen LogP contribution in [0.1, 0.15) is 48.0 Å². The van der Waals surface area contributed by atoms with Crippen LogP contribution >= 0.6 is 0 Å². The van der Waals surface area contributed by atoms with Gasteiger partial charge in [0, 0.05) is 37.9 Å². The zero-order valence-electron chi connectivity index (χ0n) is 17.4. The molecule has 0 N–H and O–H groups in total. The molecule has 0 radical (unpaired) electrons. The van der Waals surface area contributed by atoms with Crippen molar-refractivity contribution in [2.24, 2.45) is 0 Å². The second-order valence-corrected chi connectivity index (χ2v) is 8.11. The molecule has 6 heteroatoms. The van der Waals surface area contributed by atoms with Crippen molar-refractivity contribution in [1.82, 2.24) is 14.9 Å². The van der Waals surface area contributed by atoms with E-state index in [-0.39, 0.29) is 5.91 Å². The number of nitrogens with zero attached hydrogens (tertiary/aromatic N) is 4. The highest BCUT2D eigenvalue weighted by atomic mass is 16.5. The molecular formula is C23H30N4O2. The molecular weight excluding hydrogens is 364 g/mol. The van der Waals surface area contributed by atoms with Gasteiger partial charge in [-0.25, -0.2) is 9.97 Å². The molecule has 1 aromatic heterocycles. The van der Waals surface area contributed by atoms with E-state index in [4.69, 9.17) is 9.72 Å². The number of aryl methyl sites for hydroxylation is 1. The lowest BCUT2D eigenvalue weighted by atomic mass is 9.94. The van der Waals surface area contributed by atoms with Crippen molar-refractivity contribution < 1.29 is 9.53 Å².